The average molecular weight is 312 g/mol. The van der Waals surface area contributed by atoms with Crippen LogP contribution >= 0.6 is 23.5 Å². The van der Waals surface area contributed by atoms with E-state index in [2.05, 4.69) is 43.4 Å². The minimum Gasteiger partial charge on any atom is -0.306 e. The van der Waals surface area contributed by atoms with Crippen LogP contribution in [-0.2, 0) is 25.9 Å². The molecule has 0 fully saturated rings. The minimum atomic E-state index is 0.841. The van der Waals surface area contributed by atoms with Gasteiger partial charge in [0.15, 0.2) is 10.3 Å². The SMILES string of the molecule is CCn1c(CCc2nnc(SC)n2CC)nnc1SC. The monoisotopic (exact) mass is 312 g/mol. The van der Waals surface area contributed by atoms with Gasteiger partial charge in [0.05, 0.1) is 0 Å². The summed E-state index contributed by atoms with van der Waals surface area (Å²) in [5.41, 5.74) is 0. The second kappa shape index (κ2) is 7.12. The predicted octanol–water partition coefficient (Wildman–Crippen LogP) is 2.14. The Morgan fingerprint density at radius 1 is 0.750 bits per heavy atom. The Balaban J connectivity index is 2.13. The summed E-state index contributed by atoms with van der Waals surface area (Å²) in [5, 5.41) is 18.9. The molecule has 0 aliphatic heterocycles. The van der Waals surface area contributed by atoms with Crippen LogP contribution in [-0.4, -0.2) is 42.0 Å². The standard InChI is InChI=1S/C12H20N6S2/c1-5-17-9(13-15-11(17)19-3)7-8-10-14-16-12(20-4)18(10)6-2/h5-8H2,1-4H3. The van der Waals surface area contributed by atoms with Crippen LogP contribution in [0.25, 0.3) is 0 Å². The fourth-order valence-corrected chi connectivity index (χ4v) is 3.32. The minimum absolute atomic E-state index is 0.841. The lowest BCUT2D eigenvalue weighted by atomic mass is 10.3. The largest absolute Gasteiger partial charge is 0.306 e. The van der Waals surface area contributed by atoms with E-state index in [1.165, 1.54) is 0 Å². The molecule has 0 spiro atoms. The summed E-state index contributed by atoms with van der Waals surface area (Å²) in [6.45, 7) is 6.03. The van der Waals surface area contributed by atoms with Crippen molar-refractivity contribution in [1.82, 2.24) is 29.5 Å². The molecule has 0 bridgehead atoms. The van der Waals surface area contributed by atoms with Crippen LogP contribution in [0.2, 0.25) is 0 Å². The van der Waals surface area contributed by atoms with Crippen LogP contribution in [0.4, 0.5) is 0 Å². The van der Waals surface area contributed by atoms with Crippen molar-refractivity contribution < 1.29 is 0 Å². The first-order valence-corrected chi connectivity index (χ1v) is 9.12. The first-order valence-electron chi connectivity index (χ1n) is 6.67. The molecular formula is C12H20N6S2. The van der Waals surface area contributed by atoms with Gasteiger partial charge >= 0.3 is 0 Å². The van der Waals surface area contributed by atoms with Crippen molar-refractivity contribution in [3.8, 4) is 0 Å². The molecule has 2 heterocycles. The molecule has 2 aromatic heterocycles. The van der Waals surface area contributed by atoms with E-state index < -0.39 is 0 Å². The van der Waals surface area contributed by atoms with Crippen LogP contribution < -0.4 is 0 Å². The second-order valence-corrected chi connectivity index (χ2v) is 5.74. The fraction of sp³-hybridized carbons (Fsp3) is 0.667. The lowest BCUT2D eigenvalue weighted by Gasteiger charge is -2.07. The topological polar surface area (TPSA) is 61.4 Å². The van der Waals surface area contributed by atoms with E-state index in [1.807, 2.05) is 12.5 Å². The van der Waals surface area contributed by atoms with E-state index >= 15 is 0 Å². The molecule has 8 heteroatoms. The molecule has 110 valence electrons. The van der Waals surface area contributed by atoms with E-state index in [4.69, 9.17) is 0 Å². The molecule has 0 amide bonds. The van der Waals surface area contributed by atoms with Crippen molar-refractivity contribution in [3.63, 3.8) is 0 Å². The molecule has 0 unspecified atom stereocenters. The van der Waals surface area contributed by atoms with E-state index in [1.54, 1.807) is 23.5 Å². The first-order chi connectivity index (χ1) is 9.74. The average Bonchev–Trinajstić information content (AvgIpc) is 3.06. The summed E-state index contributed by atoms with van der Waals surface area (Å²) in [5.74, 6) is 2.04. The summed E-state index contributed by atoms with van der Waals surface area (Å²) in [6, 6.07) is 0. The van der Waals surface area contributed by atoms with Crippen molar-refractivity contribution in [2.75, 3.05) is 12.5 Å². The number of hydrogen-bond donors (Lipinski definition) is 0. The molecule has 0 radical (unpaired) electrons. The number of nitrogens with zero attached hydrogens (tertiary/aromatic N) is 6. The Morgan fingerprint density at radius 3 is 1.45 bits per heavy atom. The molecular weight excluding hydrogens is 292 g/mol. The van der Waals surface area contributed by atoms with Crippen molar-refractivity contribution in [1.29, 1.82) is 0 Å². The van der Waals surface area contributed by atoms with E-state index in [9.17, 15) is 0 Å². The maximum Gasteiger partial charge on any atom is 0.190 e. The van der Waals surface area contributed by atoms with E-state index in [0.717, 1.165) is 47.9 Å². The van der Waals surface area contributed by atoms with Gasteiger partial charge in [0.2, 0.25) is 0 Å². The predicted molar refractivity (Wildman–Crippen MR) is 82.4 cm³/mol. The Kier molecular flexibility index (Phi) is 5.47. The van der Waals surface area contributed by atoms with Gasteiger partial charge < -0.3 is 9.13 Å². The Bertz CT molecular complexity index is 512. The molecule has 2 rings (SSSR count). The molecule has 0 saturated carbocycles. The van der Waals surface area contributed by atoms with Crippen LogP contribution in [0.5, 0.6) is 0 Å². The maximum atomic E-state index is 4.28. The molecule has 20 heavy (non-hydrogen) atoms. The molecule has 0 aliphatic carbocycles. The van der Waals surface area contributed by atoms with Crippen molar-refractivity contribution in [2.24, 2.45) is 0 Å². The zero-order chi connectivity index (χ0) is 14.5. The molecule has 0 aromatic carbocycles. The smallest absolute Gasteiger partial charge is 0.190 e. The van der Waals surface area contributed by atoms with Gasteiger partial charge in [-0.05, 0) is 26.4 Å². The highest BCUT2D eigenvalue weighted by Gasteiger charge is 2.13. The number of aromatic nitrogens is 6. The quantitative estimate of drug-likeness (QED) is 0.730. The molecule has 0 N–H and O–H groups in total. The van der Waals surface area contributed by atoms with Gasteiger partial charge in [0.1, 0.15) is 11.6 Å². The Morgan fingerprint density at radius 2 is 1.15 bits per heavy atom. The lowest BCUT2D eigenvalue weighted by molar-refractivity contribution is 0.608. The molecule has 6 nitrogen and oxygen atoms in total. The van der Waals surface area contributed by atoms with Gasteiger partial charge in [-0.25, -0.2) is 0 Å². The number of rotatable bonds is 7. The van der Waals surface area contributed by atoms with Crippen LogP contribution in [0.3, 0.4) is 0 Å². The lowest BCUT2D eigenvalue weighted by Crippen LogP contribution is -2.08. The Hall–Kier alpha value is -1.02. The third kappa shape index (κ3) is 3.01. The molecule has 0 aliphatic rings. The van der Waals surface area contributed by atoms with Crippen LogP contribution in [0.15, 0.2) is 10.3 Å². The summed E-state index contributed by atoms with van der Waals surface area (Å²) in [6.07, 6.45) is 5.73. The Labute approximate surface area is 127 Å². The maximum absolute atomic E-state index is 4.28. The highest BCUT2D eigenvalue weighted by atomic mass is 32.2. The zero-order valence-corrected chi connectivity index (χ0v) is 14.0. The highest BCUT2D eigenvalue weighted by Crippen LogP contribution is 2.17. The molecule has 0 atom stereocenters. The molecule has 2 aromatic rings. The van der Waals surface area contributed by atoms with Gasteiger partial charge in [-0.3, -0.25) is 0 Å². The normalized spacial score (nSPS) is 11.2. The summed E-state index contributed by atoms with van der Waals surface area (Å²) < 4.78 is 4.32. The van der Waals surface area contributed by atoms with Crippen molar-refractivity contribution in [2.45, 2.75) is 50.1 Å². The van der Waals surface area contributed by atoms with Crippen LogP contribution in [0.1, 0.15) is 25.5 Å². The zero-order valence-electron chi connectivity index (χ0n) is 12.3. The summed E-state index contributed by atoms with van der Waals surface area (Å²) >= 11 is 3.26. The number of aryl methyl sites for hydroxylation is 2. The van der Waals surface area contributed by atoms with E-state index in [0.29, 0.717) is 0 Å². The van der Waals surface area contributed by atoms with E-state index in [-0.39, 0.29) is 0 Å². The third-order valence-electron chi connectivity index (χ3n) is 3.16. The first kappa shape index (κ1) is 15.4. The van der Waals surface area contributed by atoms with Crippen molar-refractivity contribution >= 4 is 23.5 Å². The fourth-order valence-electron chi connectivity index (χ4n) is 2.17. The third-order valence-corrected chi connectivity index (χ3v) is 4.49. The number of hydrogen-bond acceptors (Lipinski definition) is 6. The van der Waals surface area contributed by atoms with Gasteiger partial charge in [-0.15, -0.1) is 20.4 Å². The summed E-state index contributed by atoms with van der Waals surface area (Å²) in [7, 11) is 0. The van der Waals surface area contributed by atoms with Crippen LogP contribution in [0, 0.1) is 0 Å². The highest BCUT2D eigenvalue weighted by molar-refractivity contribution is 7.98. The number of thioether (sulfide) groups is 2. The van der Waals surface area contributed by atoms with Gasteiger partial charge in [0.25, 0.3) is 0 Å². The second-order valence-electron chi connectivity index (χ2n) is 4.19. The van der Waals surface area contributed by atoms with Gasteiger partial charge in [0, 0.05) is 25.9 Å². The van der Waals surface area contributed by atoms with Gasteiger partial charge in [-0.1, -0.05) is 23.5 Å². The van der Waals surface area contributed by atoms with Crippen molar-refractivity contribution in [3.05, 3.63) is 11.6 Å². The summed E-state index contributed by atoms with van der Waals surface area (Å²) in [4.78, 5) is 0. The van der Waals surface area contributed by atoms with Gasteiger partial charge in [-0.2, -0.15) is 0 Å². The molecule has 0 saturated heterocycles.